The Kier molecular flexibility index (Phi) is 3.24. The summed E-state index contributed by atoms with van der Waals surface area (Å²) >= 11 is 0. The highest BCUT2D eigenvalue weighted by Crippen LogP contribution is 2.40. The number of carbonyl (C=O) groups is 3. The zero-order valence-corrected chi connectivity index (χ0v) is 12.1. The van der Waals surface area contributed by atoms with E-state index < -0.39 is 0 Å². The van der Waals surface area contributed by atoms with Crippen molar-refractivity contribution < 1.29 is 14.4 Å². The first-order chi connectivity index (χ1) is 10.0. The summed E-state index contributed by atoms with van der Waals surface area (Å²) in [6.45, 7) is 3.44. The second kappa shape index (κ2) is 4.95. The largest absolute Gasteiger partial charge is 0.295 e. The monoisotopic (exact) mass is 283 g/mol. The molecule has 2 aliphatic rings. The minimum absolute atomic E-state index is 0.0705. The summed E-state index contributed by atoms with van der Waals surface area (Å²) < 4.78 is 0. The van der Waals surface area contributed by atoms with Gasteiger partial charge in [0.1, 0.15) is 0 Å². The second-order valence-corrected chi connectivity index (χ2v) is 5.77. The number of imide groups is 1. The highest BCUT2D eigenvalue weighted by Gasteiger charge is 2.50. The van der Waals surface area contributed by atoms with E-state index in [1.54, 1.807) is 24.3 Å². The van der Waals surface area contributed by atoms with Crippen molar-refractivity contribution in [3.05, 3.63) is 42.0 Å². The Labute approximate surface area is 123 Å². The molecule has 0 saturated carbocycles. The average Bonchev–Trinajstić information content (AvgIpc) is 2.72. The van der Waals surface area contributed by atoms with Gasteiger partial charge in [-0.15, -0.1) is 0 Å². The molecular weight excluding hydrogens is 266 g/mol. The first-order valence-corrected chi connectivity index (χ1v) is 7.16. The Balaban J connectivity index is 2.00. The third-order valence-corrected chi connectivity index (χ3v) is 4.38. The van der Waals surface area contributed by atoms with Crippen molar-refractivity contribution in [1.82, 2.24) is 0 Å². The number of amides is 2. The van der Waals surface area contributed by atoms with Gasteiger partial charge in [-0.2, -0.15) is 0 Å². The van der Waals surface area contributed by atoms with E-state index in [0.717, 1.165) is 0 Å². The van der Waals surface area contributed by atoms with E-state index >= 15 is 0 Å². The van der Waals surface area contributed by atoms with Crippen molar-refractivity contribution >= 4 is 23.3 Å². The molecule has 2 amide bonds. The number of benzene rings is 1. The Hall–Kier alpha value is -2.23. The third kappa shape index (κ3) is 2.11. The van der Waals surface area contributed by atoms with Crippen LogP contribution in [0, 0.1) is 17.8 Å². The number of nitrogens with zero attached hydrogens (tertiary/aromatic N) is 1. The Morgan fingerprint density at radius 3 is 2.67 bits per heavy atom. The van der Waals surface area contributed by atoms with Crippen LogP contribution >= 0.6 is 0 Å². The number of fused-ring (bicyclic) bond motifs is 1. The molecule has 1 aromatic rings. The number of anilines is 1. The molecule has 1 heterocycles. The SMILES string of the molecule is CC(=O)c1cccc(N2C(=O)[C@@H]3[C@H](C)C=CC[C@@H]3C2=O)c1. The molecule has 1 aliphatic carbocycles. The van der Waals surface area contributed by atoms with E-state index in [4.69, 9.17) is 0 Å². The van der Waals surface area contributed by atoms with Crippen molar-refractivity contribution in [3.63, 3.8) is 0 Å². The van der Waals surface area contributed by atoms with Gasteiger partial charge in [0.15, 0.2) is 5.78 Å². The molecule has 0 N–H and O–H groups in total. The molecule has 0 bridgehead atoms. The number of allylic oxidation sites excluding steroid dienone is 2. The van der Waals surface area contributed by atoms with Crippen LogP contribution in [-0.4, -0.2) is 17.6 Å². The number of hydrogen-bond acceptors (Lipinski definition) is 3. The van der Waals surface area contributed by atoms with Crippen LogP contribution < -0.4 is 4.90 Å². The van der Waals surface area contributed by atoms with Gasteiger partial charge in [0, 0.05) is 5.56 Å². The van der Waals surface area contributed by atoms with E-state index in [2.05, 4.69) is 0 Å². The molecule has 1 aliphatic heterocycles. The van der Waals surface area contributed by atoms with Crippen molar-refractivity contribution in [2.75, 3.05) is 4.90 Å². The molecule has 108 valence electrons. The van der Waals surface area contributed by atoms with Crippen LogP contribution in [0.5, 0.6) is 0 Å². The highest BCUT2D eigenvalue weighted by molar-refractivity contribution is 6.22. The lowest BCUT2D eigenvalue weighted by atomic mass is 9.78. The smallest absolute Gasteiger partial charge is 0.238 e. The number of hydrogen-bond donors (Lipinski definition) is 0. The predicted octanol–water partition coefficient (Wildman–Crippen LogP) is 2.59. The fourth-order valence-corrected chi connectivity index (χ4v) is 3.27. The average molecular weight is 283 g/mol. The first-order valence-electron chi connectivity index (χ1n) is 7.16. The second-order valence-electron chi connectivity index (χ2n) is 5.77. The molecule has 1 saturated heterocycles. The molecule has 21 heavy (non-hydrogen) atoms. The predicted molar refractivity (Wildman–Crippen MR) is 78.8 cm³/mol. The maximum atomic E-state index is 12.6. The van der Waals surface area contributed by atoms with Gasteiger partial charge in [0.2, 0.25) is 11.8 Å². The van der Waals surface area contributed by atoms with E-state index in [9.17, 15) is 14.4 Å². The zero-order valence-electron chi connectivity index (χ0n) is 12.1. The van der Waals surface area contributed by atoms with Gasteiger partial charge in [0.25, 0.3) is 0 Å². The van der Waals surface area contributed by atoms with Crippen molar-refractivity contribution in [2.45, 2.75) is 20.3 Å². The van der Waals surface area contributed by atoms with Crippen molar-refractivity contribution in [1.29, 1.82) is 0 Å². The molecule has 3 rings (SSSR count). The van der Waals surface area contributed by atoms with Gasteiger partial charge in [0.05, 0.1) is 17.5 Å². The molecule has 4 heteroatoms. The van der Waals surface area contributed by atoms with Crippen LogP contribution in [0.25, 0.3) is 0 Å². The van der Waals surface area contributed by atoms with E-state index in [-0.39, 0.29) is 35.4 Å². The van der Waals surface area contributed by atoms with Crippen LogP contribution in [0.15, 0.2) is 36.4 Å². The molecule has 1 fully saturated rings. The Bertz CT molecular complexity index is 662. The molecule has 0 unspecified atom stereocenters. The standard InChI is InChI=1S/C17H17NO3/c1-10-5-3-8-14-15(10)17(21)18(16(14)20)13-7-4-6-12(9-13)11(2)19/h3-7,9-10,14-15H,8H2,1-2H3/t10-,14+,15-/m1/s1. The maximum absolute atomic E-state index is 12.6. The fourth-order valence-electron chi connectivity index (χ4n) is 3.27. The summed E-state index contributed by atoms with van der Waals surface area (Å²) in [4.78, 5) is 37.9. The molecule has 0 aromatic heterocycles. The number of rotatable bonds is 2. The van der Waals surface area contributed by atoms with Gasteiger partial charge in [-0.3, -0.25) is 19.3 Å². The molecule has 3 atom stereocenters. The first kappa shape index (κ1) is 13.7. The minimum atomic E-state index is -0.275. The Morgan fingerprint density at radius 1 is 1.24 bits per heavy atom. The van der Waals surface area contributed by atoms with Gasteiger partial charge < -0.3 is 0 Å². The number of Topliss-reactive ketones (excluding diaryl/α,β-unsaturated/α-hetero) is 1. The summed E-state index contributed by atoms with van der Waals surface area (Å²) in [6, 6.07) is 6.72. The van der Waals surface area contributed by atoms with Gasteiger partial charge >= 0.3 is 0 Å². The van der Waals surface area contributed by atoms with Crippen molar-refractivity contribution in [3.8, 4) is 0 Å². The topological polar surface area (TPSA) is 54.5 Å². The van der Waals surface area contributed by atoms with Gasteiger partial charge in [-0.25, -0.2) is 0 Å². The zero-order chi connectivity index (χ0) is 15.1. The fraction of sp³-hybridized carbons (Fsp3) is 0.353. The summed E-state index contributed by atoms with van der Waals surface area (Å²) in [5, 5.41) is 0. The lowest BCUT2D eigenvalue weighted by Crippen LogP contribution is -2.31. The summed E-state index contributed by atoms with van der Waals surface area (Å²) in [7, 11) is 0. The molecule has 0 radical (unpaired) electrons. The van der Waals surface area contributed by atoms with Crippen molar-refractivity contribution in [2.24, 2.45) is 17.8 Å². The molecule has 4 nitrogen and oxygen atoms in total. The van der Waals surface area contributed by atoms with E-state index in [1.165, 1.54) is 11.8 Å². The number of ketones is 1. The van der Waals surface area contributed by atoms with Crippen LogP contribution in [0.1, 0.15) is 30.6 Å². The van der Waals surface area contributed by atoms with Gasteiger partial charge in [-0.05, 0) is 31.4 Å². The quantitative estimate of drug-likeness (QED) is 0.476. The summed E-state index contributed by atoms with van der Waals surface area (Å²) in [5.41, 5.74) is 1.01. The normalized spacial score (nSPS) is 27.9. The lowest BCUT2D eigenvalue weighted by Gasteiger charge is -2.22. The van der Waals surface area contributed by atoms with E-state index in [1.807, 2.05) is 19.1 Å². The van der Waals surface area contributed by atoms with Crippen LogP contribution in [-0.2, 0) is 9.59 Å². The summed E-state index contributed by atoms with van der Waals surface area (Å²) in [5.74, 6) is -0.851. The van der Waals surface area contributed by atoms with Crippen LogP contribution in [0.3, 0.4) is 0 Å². The minimum Gasteiger partial charge on any atom is -0.295 e. The van der Waals surface area contributed by atoms with E-state index in [0.29, 0.717) is 17.7 Å². The molecular formula is C17H17NO3. The highest BCUT2D eigenvalue weighted by atomic mass is 16.2. The number of carbonyl (C=O) groups excluding carboxylic acids is 3. The lowest BCUT2D eigenvalue weighted by molar-refractivity contribution is -0.122. The third-order valence-electron chi connectivity index (χ3n) is 4.38. The maximum Gasteiger partial charge on any atom is 0.238 e. The van der Waals surface area contributed by atoms with Gasteiger partial charge in [-0.1, -0.05) is 31.2 Å². The molecule has 0 spiro atoms. The molecule has 1 aromatic carbocycles. The van der Waals surface area contributed by atoms with Crippen LogP contribution in [0.4, 0.5) is 5.69 Å². The summed E-state index contributed by atoms with van der Waals surface area (Å²) in [6.07, 6.45) is 4.59. The van der Waals surface area contributed by atoms with Crippen LogP contribution in [0.2, 0.25) is 0 Å². The Morgan fingerprint density at radius 2 is 2.00 bits per heavy atom.